The van der Waals surface area contributed by atoms with Crippen molar-refractivity contribution in [3.05, 3.63) is 141 Å². The third-order valence-electron chi connectivity index (χ3n) is 14.2. The minimum absolute atomic E-state index is 0.0589. The summed E-state index contributed by atoms with van der Waals surface area (Å²) in [5.74, 6) is -3.25. The summed E-state index contributed by atoms with van der Waals surface area (Å²) in [7, 11) is 0. The Morgan fingerprint density at radius 3 is 0.758 bits per heavy atom. The van der Waals surface area contributed by atoms with Crippen molar-refractivity contribution in [3.63, 3.8) is 0 Å². The Labute approximate surface area is 415 Å². The van der Waals surface area contributed by atoms with Crippen molar-refractivity contribution in [3.8, 4) is 66.8 Å². The van der Waals surface area contributed by atoms with E-state index in [4.69, 9.17) is 0 Å². The van der Waals surface area contributed by atoms with Crippen LogP contribution in [0.3, 0.4) is 0 Å². The Morgan fingerprint density at radius 1 is 0.348 bits per heavy atom. The summed E-state index contributed by atoms with van der Waals surface area (Å²) in [4.78, 5) is 38.2. The number of aromatic carboxylic acids is 3. The lowest BCUT2D eigenvalue weighted by atomic mass is 9.71. The fourth-order valence-electron chi connectivity index (χ4n) is 11.2. The minimum Gasteiger partial charge on any atom is -0.478 e. The first-order chi connectivity index (χ1) is 31.0. The van der Waals surface area contributed by atoms with Gasteiger partial charge in [0.2, 0.25) is 0 Å². The van der Waals surface area contributed by atoms with E-state index < -0.39 is 34.2 Å². The van der Waals surface area contributed by atoms with E-state index in [-0.39, 0.29) is 16.7 Å². The van der Waals surface area contributed by atoms with Crippen LogP contribution in [0.1, 0.15) is 106 Å². The molecule has 66 heavy (non-hydrogen) atoms. The highest BCUT2D eigenvalue weighted by atomic mass is 32.1. The molecule has 0 amide bonds. The van der Waals surface area contributed by atoms with E-state index >= 15 is 0 Å². The molecule has 0 heterocycles. The summed E-state index contributed by atoms with van der Waals surface area (Å²) in [6, 6.07) is 30.4. The lowest BCUT2D eigenvalue weighted by Gasteiger charge is -2.31. The average molecular weight is 979 g/mol. The standard InChI is InChI=1S/C54H42O6S6/c1-52(2)31-13-22(25-16-34(61)43(49(55)56)35(62)17-25)7-10-28(31)40-46(52)41-29-11-8-23(26-18-36(63)44(50(57)58)37(64)19-26)14-32(29)53(3,4)48(41)42-30-12-9-24(15-33(30)54(5,6)47(40)42)27-20-38(65)45(51(59)60)39(66)21-27/h7-21,61-66H,1-6H3,(H,55,56)(H,57,58)(H,59,60). The van der Waals surface area contributed by atoms with Gasteiger partial charge in [-0.25, -0.2) is 14.4 Å². The molecule has 10 rings (SSSR count). The van der Waals surface area contributed by atoms with E-state index in [2.05, 4.69) is 172 Å². The maximum Gasteiger partial charge on any atom is 0.337 e. The van der Waals surface area contributed by atoms with Crippen molar-refractivity contribution in [2.24, 2.45) is 0 Å². The van der Waals surface area contributed by atoms with E-state index in [1.807, 2.05) is 0 Å². The molecule has 3 N–H and O–H groups in total. The molecule has 12 heteroatoms. The Hall–Kier alpha value is -4.95. The Morgan fingerprint density at radius 2 is 0.561 bits per heavy atom. The summed E-state index contributed by atoms with van der Waals surface area (Å²) in [5, 5.41) is 29.6. The molecule has 7 aromatic carbocycles. The van der Waals surface area contributed by atoms with Crippen molar-refractivity contribution < 1.29 is 29.7 Å². The zero-order valence-corrected chi connectivity index (χ0v) is 41.8. The fourth-order valence-corrected chi connectivity index (χ4v) is 13.6. The topological polar surface area (TPSA) is 112 Å². The van der Waals surface area contributed by atoms with Gasteiger partial charge in [0.15, 0.2) is 0 Å². The van der Waals surface area contributed by atoms with E-state index in [0.29, 0.717) is 29.4 Å². The van der Waals surface area contributed by atoms with Crippen molar-refractivity contribution in [2.75, 3.05) is 0 Å². The molecule has 0 bridgehead atoms. The van der Waals surface area contributed by atoms with E-state index in [9.17, 15) is 29.7 Å². The third-order valence-corrected chi connectivity index (χ3v) is 16.3. The zero-order chi connectivity index (χ0) is 47.4. The Kier molecular flexibility index (Phi) is 10.2. The molecule has 3 aliphatic carbocycles. The first-order valence-electron chi connectivity index (χ1n) is 21.1. The summed E-state index contributed by atoms with van der Waals surface area (Å²) in [6.07, 6.45) is 0. The van der Waals surface area contributed by atoms with Crippen molar-refractivity contribution >= 4 is 93.7 Å². The number of benzene rings is 7. The maximum atomic E-state index is 12.1. The van der Waals surface area contributed by atoms with Gasteiger partial charge in [0.05, 0.1) is 16.7 Å². The first-order valence-corrected chi connectivity index (χ1v) is 23.7. The van der Waals surface area contributed by atoms with Crippen LogP contribution in [0.25, 0.3) is 66.8 Å². The van der Waals surface area contributed by atoms with Gasteiger partial charge in [0.25, 0.3) is 0 Å². The van der Waals surface area contributed by atoms with Crippen LogP contribution in [0, 0.1) is 0 Å². The van der Waals surface area contributed by atoms with Gasteiger partial charge in [-0.05, 0) is 155 Å². The van der Waals surface area contributed by atoms with Crippen LogP contribution in [-0.2, 0) is 16.2 Å². The van der Waals surface area contributed by atoms with Gasteiger partial charge in [-0.15, -0.1) is 75.8 Å². The number of thiol groups is 6. The van der Waals surface area contributed by atoms with Crippen LogP contribution in [0.2, 0.25) is 0 Å². The largest absolute Gasteiger partial charge is 0.478 e. The molecular weight excluding hydrogens is 937 g/mol. The number of carboxylic acids is 3. The van der Waals surface area contributed by atoms with Gasteiger partial charge >= 0.3 is 17.9 Å². The molecule has 0 atom stereocenters. The van der Waals surface area contributed by atoms with Gasteiger partial charge < -0.3 is 15.3 Å². The van der Waals surface area contributed by atoms with Crippen molar-refractivity contribution in [1.29, 1.82) is 0 Å². The molecule has 7 aromatic rings. The molecule has 330 valence electrons. The quantitative estimate of drug-likeness (QED) is 0.0768. The number of hydrogen-bond donors (Lipinski definition) is 9. The number of hydrogen-bond acceptors (Lipinski definition) is 9. The number of fused-ring (bicyclic) bond motifs is 12. The summed E-state index contributed by atoms with van der Waals surface area (Å²) < 4.78 is 0. The van der Waals surface area contributed by atoms with Crippen LogP contribution < -0.4 is 0 Å². The molecule has 0 aromatic heterocycles. The molecule has 0 aliphatic heterocycles. The molecule has 6 nitrogen and oxygen atoms in total. The number of carbonyl (C=O) groups is 3. The molecule has 0 saturated carbocycles. The van der Waals surface area contributed by atoms with Gasteiger partial charge in [-0.3, -0.25) is 0 Å². The monoisotopic (exact) mass is 978 g/mol. The first kappa shape index (κ1) is 44.9. The van der Waals surface area contributed by atoms with Gasteiger partial charge in [-0.2, -0.15) is 0 Å². The summed E-state index contributed by atoms with van der Waals surface area (Å²) in [6.45, 7) is 13.7. The third kappa shape index (κ3) is 6.28. The molecular formula is C54H42O6S6. The second kappa shape index (κ2) is 15.0. The van der Waals surface area contributed by atoms with Crippen molar-refractivity contribution in [2.45, 2.75) is 87.2 Å². The second-order valence-electron chi connectivity index (χ2n) is 19.0. The molecule has 0 unspecified atom stereocenters. The maximum absolute atomic E-state index is 12.1. The normalized spacial score (nSPS) is 15.1. The second-order valence-corrected chi connectivity index (χ2v) is 21.9. The molecule has 0 radical (unpaired) electrons. The average Bonchev–Trinajstić information content (AvgIpc) is 3.71. The number of carboxylic acid groups (broad SMARTS) is 3. The Balaban J connectivity index is 1.25. The van der Waals surface area contributed by atoms with Crippen LogP contribution >= 0.6 is 75.8 Å². The van der Waals surface area contributed by atoms with Gasteiger partial charge in [0.1, 0.15) is 0 Å². The predicted molar refractivity (Wildman–Crippen MR) is 280 cm³/mol. The van der Waals surface area contributed by atoms with E-state index in [0.717, 1.165) is 66.8 Å². The lowest BCUT2D eigenvalue weighted by Crippen LogP contribution is -2.22. The zero-order valence-electron chi connectivity index (χ0n) is 36.4. The lowest BCUT2D eigenvalue weighted by molar-refractivity contribution is 0.0678. The highest BCUT2D eigenvalue weighted by Crippen LogP contribution is 2.68. The van der Waals surface area contributed by atoms with Gasteiger partial charge in [-0.1, -0.05) is 77.9 Å². The molecule has 0 saturated heterocycles. The summed E-state index contributed by atoms with van der Waals surface area (Å²) in [5.41, 5.74) is 18.0. The van der Waals surface area contributed by atoms with Crippen LogP contribution in [0.15, 0.2) is 120 Å². The number of rotatable bonds is 6. The van der Waals surface area contributed by atoms with Gasteiger partial charge in [0, 0.05) is 45.6 Å². The van der Waals surface area contributed by atoms with Crippen LogP contribution in [-0.4, -0.2) is 33.2 Å². The van der Waals surface area contributed by atoms with E-state index in [1.165, 1.54) is 33.4 Å². The minimum atomic E-state index is -1.08. The fraction of sp³-hybridized carbons (Fsp3) is 0.167. The smallest absolute Gasteiger partial charge is 0.337 e. The predicted octanol–water partition coefficient (Wildman–Crippen LogP) is 14.4. The molecule has 0 spiro atoms. The molecule has 0 fully saturated rings. The highest BCUT2D eigenvalue weighted by Gasteiger charge is 2.52. The highest BCUT2D eigenvalue weighted by molar-refractivity contribution is 7.82. The van der Waals surface area contributed by atoms with Crippen molar-refractivity contribution in [1.82, 2.24) is 0 Å². The molecule has 3 aliphatic rings. The van der Waals surface area contributed by atoms with Crippen LogP contribution in [0.5, 0.6) is 0 Å². The Bertz CT molecular complexity index is 3010. The summed E-state index contributed by atoms with van der Waals surface area (Å²) >= 11 is 27.4. The van der Waals surface area contributed by atoms with Crippen LogP contribution in [0.4, 0.5) is 0 Å². The van der Waals surface area contributed by atoms with E-state index in [1.54, 1.807) is 36.4 Å². The SMILES string of the molecule is CC1(C)c2cc(-c3cc(S)c(C(=O)O)c(S)c3)ccc2-c2c1c1c(c3c2C(C)(C)c2cc(-c4cc(S)c(C(=O)O)c(S)c4)ccc2-3)C(C)(C)c2cc(-c3cc(S)c(C(=O)O)c(S)c3)ccc2-1.